The van der Waals surface area contributed by atoms with Crippen LogP contribution < -0.4 is 9.64 Å². The number of nitrogens with zero attached hydrogens (tertiary/aromatic N) is 3. The lowest BCUT2D eigenvalue weighted by molar-refractivity contribution is 0.0714. The molecule has 0 spiro atoms. The van der Waals surface area contributed by atoms with Gasteiger partial charge in [0.1, 0.15) is 17.3 Å². The van der Waals surface area contributed by atoms with Gasteiger partial charge in [0.05, 0.1) is 6.26 Å². The molecule has 0 saturated carbocycles. The minimum atomic E-state index is -0.0621. The lowest BCUT2D eigenvalue weighted by atomic mass is 10.1. The van der Waals surface area contributed by atoms with Crippen LogP contribution in [0.5, 0.6) is 11.5 Å². The van der Waals surface area contributed by atoms with Gasteiger partial charge >= 0.3 is 0 Å². The van der Waals surface area contributed by atoms with Crippen LogP contribution in [0, 0.1) is 0 Å². The number of benzene rings is 2. The van der Waals surface area contributed by atoms with Crippen molar-refractivity contribution in [3.63, 3.8) is 0 Å². The van der Waals surface area contributed by atoms with Crippen LogP contribution in [0.2, 0.25) is 0 Å². The summed E-state index contributed by atoms with van der Waals surface area (Å²) in [5.74, 6) is 2.82. The molecular formula is C26H23N3O3. The number of carbonyl (C=O) groups excluding carboxylic acids is 1. The van der Waals surface area contributed by atoms with E-state index in [0.717, 1.165) is 41.5 Å². The Kier molecular flexibility index (Phi) is 5.58. The maximum Gasteiger partial charge on any atom is 0.289 e. The number of hydrogen-bond donors (Lipinski definition) is 0. The average molecular weight is 425 g/mol. The molecule has 1 amide bonds. The third kappa shape index (κ3) is 4.21. The number of furan rings is 1. The molecule has 160 valence electrons. The van der Waals surface area contributed by atoms with Crippen molar-refractivity contribution in [3.8, 4) is 22.6 Å². The van der Waals surface area contributed by atoms with E-state index in [2.05, 4.69) is 11.0 Å². The summed E-state index contributed by atoms with van der Waals surface area (Å²) in [5.41, 5.74) is 1.98. The molecule has 0 atom stereocenters. The predicted molar refractivity (Wildman–Crippen MR) is 123 cm³/mol. The smallest absolute Gasteiger partial charge is 0.289 e. The normalized spacial score (nSPS) is 13.8. The molecule has 4 aromatic rings. The van der Waals surface area contributed by atoms with Crippen molar-refractivity contribution in [2.75, 3.05) is 31.1 Å². The second-order valence-electron chi connectivity index (χ2n) is 7.57. The maximum atomic E-state index is 12.5. The summed E-state index contributed by atoms with van der Waals surface area (Å²) >= 11 is 0. The van der Waals surface area contributed by atoms with Gasteiger partial charge in [0.2, 0.25) is 0 Å². The summed E-state index contributed by atoms with van der Waals surface area (Å²) in [6.07, 6.45) is 3.40. The fourth-order valence-electron chi connectivity index (χ4n) is 3.84. The van der Waals surface area contributed by atoms with Crippen LogP contribution in [-0.2, 0) is 0 Å². The lowest BCUT2D eigenvalue weighted by Crippen LogP contribution is -2.49. The second-order valence-corrected chi connectivity index (χ2v) is 7.57. The van der Waals surface area contributed by atoms with E-state index in [4.69, 9.17) is 14.1 Å². The fourth-order valence-corrected chi connectivity index (χ4v) is 3.84. The Bertz CT molecular complexity index is 1170. The van der Waals surface area contributed by atoms with E-state index < -0.39 is 0 Å². The van der Waals surface area contributed by atoms with Crippen molar-refractivity contribution in [3.05, 3.63) is 97.1 Å². The molecule has 0 N–H and O–H groups in total. The Morgan fingerprint density at radius 1 is 0.844 bits per heavy atom. The van der Waals surface area contributed by atoms with Gasteiger partial charge in [-0.1, -0.05) is 36.4 Å². The number of carbonyl (C=O) groups is 1. The first-order valence-corrected chi connectivity index (χ1v) is 10.6. The van der Waals surface area contributed by atoms with Crippen molar-refractivity contribution < 1.29 is 13.9 Å². The van der Waals surface area contributed by atoms with Crippen LogP contribution in [0.4, 0.5) is 5.82 Å². The number of aromatic nitrogens is 1. The maximum absolute atomic E-state index is 12.5. The molecule has 0 aliphatic carbocycles. The van der Waals surface area contributed by atoms with Gasteiger partial charge < -0.3 is 19.0 Å². The minimum Gasteiger partial charge on any atom is -0.459 e. The Balaban J connectivity index is 1.27. The Hall–Kier alpha value is -4.06. The molecule has 1 aliphatic rings. The van der Waals surface area contributed by atoms with E-state index in [-0.39, 0.29) is 5.91 Å². The second kappa shape index (κ2) is 8.98. The molecule has 0 bridgehead atoms. The van der Waals surface area contributed by atoms with Crippen LogP contribution in [-0.4, -0.2) is 42.0 Å². The van der Waals surface area contributed by atoms with Gasteiger partial charge in [-0.25, -0.2) is 4.98 Å². The van der Waals surface area contributed by atoms with Gasteiger partial charge in [-0.2, -0.15) is 0 Å². The number of rotatable bonds is 5. The third-order valence-corrected chi connectivity index (χ3v) is 5.54. The van der Waals surface area contributed by atoms with Gasteiger partial charge in [-0.15, -0.1) is 0 Å². The molecule has 2 aromatic carbocycles. The topological polar surface area (TPSA) is 58.8 Å². The van der Waals surface area contributed by atoms with Gasteiger partial charge in [-0.3, -0.25) is 4.79 Å². The van der Waals surface area contributed by atoms with Crippen molar-refractivity contribution in [1.29, 1.82) is 0 Å². The summed E-state index contributed by atoms with van der Waals surface area (Å²) in [4.78, 5) is 21.2. The molecule has 1 aliphatic heterocycles. The summed E-state index contributed by atoms with van der Waals surface area (Å²) in [5, 5.41) is 0. The zero-order valence-corrected chi connectivity index (χ0v) is 17.6. The molecular weight excluding hydrogens is 402 g/mol. The van der Waals surface area contributed by atoms with E-state index >= 15 is 0 Å². The number of hydrogen-bond acceptors (Lipinski definition) is 5. The molecule has 1 saturated heterocycles. The molecule has 6 heteroatoms. The first-order valence-electron chi connectivity index (χ1n) is 10.6. The van der Waals surface area contributed by atoms with Gasteiger partial charge in [0.15, 0.2) is 5.76 Å². The van der Waals surface area contributed by atoms with Crippen molar-refractivity contribution in [1.82, 2.24) is 9.88 Å². The van der Waals surface area contributed by atoms with Crippen LogP contribution in [0.25, 0.3) is 11.1 Å². The SMILES string of the molecule is O=C(c1ccco1)N1CCN(c2ccc(-c3ccccc3Oc3ccccc3)cn2)CC1. The van der Waals surface area contributed by atoms with Gasteiger partial charge in [0.25, 0.3) is 5.91 Å². The average Bonchev–Trinajstić information content (AvgIpc) is 3.40. The fraction of sp³-hybridized carbons (Fsp3) is 0.154. The van der Waals surface area contributed by atoms with E-state index in [1.165, 1.54) is 6.26 Å². The first kappa shape index (κ1) is 19.9. The van der Waals surface area contributed by atoms with Crippen LogP contribution >= 0.6 is 0 Å². The van der Waals surface area contributed by atoms with E-state index in [9.17, 15) is 4.79 Å². The first-order chi connectivity index (χ1) is 15.8. The number of pyridine rings is 1. The lowest BCUT2D eigenvalue weighted by Gasteiger charge is -2.35. The standard InChI is InChI=1S/C26H23N3O3/c30-26(24-11-6-18-31-24)29-16-14-28(15-17-29)25-13-12-20(19-27-25)22-9-4-5-10-23(22)32-21-7-2-1-3-8-21/h1-13,18-19H,14-17H2. The molecule has 2 aromatic heterocycles. The highest BCUT2D eigenvalue weighted by molar-refractivity contribution is 5.91. The van der Waals surface area contributed by atoms with Gasteiger partial charge in [0, 0.05) is 43.5 Å². The number of amides is 1. The molecule has 6 nitrogen and oxygen atoms in total. The monoisotopic (exact) mass is 425 g/mol. The van der Waals surface area contributed by atoms with Crippen LogP contribution in [0.15, 0.2) is 95.7 Å². The largest absolute Gasteiger partial charge is 0.459 e. The number of piperazine rings is 1. The molecule has 3 heterocycles. The summed E-state index contributed by atoms with van der Waals surface area (Å²) in [6, 6.07) is 25.2. The molecule has 5 rings (SSSR count). The Morgan fingerprint density at radius 2 is 1.62 bits per heavy atom. The van der Waals surface area contributed by atoms with Crippen molar-refractivity contribution in [2.24, 2.45) is 0 Å². The van der Waals surface area contributed by atoms with Crippen molar-refractivity contribution in [2.45, 2.75) is 0 Å². The molecule has 0 unspecified atom stereocenters. The van der Waals surface area contributed by atoms with E-state index in [1.54, 1.807) is 12.1 Å². The van der Waals surface area contributed by atoms with Gasteiger partial charge in [-0.05, 0) is 42.5 Å². The van der Waals surface area contributed by atoms with E-state index in [0.29, 0.717) is 18.8 Å². The highest BCUT2D eigenvalue weighted by atomic mass is 16.5. The predicted octanol–water partition coefficient (Wildman–Crippen LogP) is 5.10. The number of para-hydroxylation sites is 2. The zero-order valence-electron chi connectivity index (χ0n) is 17.6. The molecule has 32 heavy (non-hydrogen) atoms. The summed E-state index contributed by atoms with van der Waals surface area (Å²) in [6.45, 7) is 2.73. The molecule has 0 radical (unpaired) electrons. The highest BCUT2D eigenvalue weighted by Gasteiger charge is 2.24. The molecule has 1 fully saturated rings. The highest BCUT2D eigenvalue weighted by Crippen LogP contribution is 2.33. The Labute approximate surface area is 186 Å². The number of ether oxygens (including phenoxy) is 1. The van der Waals surface area contributed by atoms with Crippen molar-refractivity contribution >= 4 is 11.7 Å². The summed E-state index contributed by atoms with van der Waals surface area (Å²) in [7, 11) is 0. The quantitative estimate of drug-likeness (QED) is 0.445. The van der Waals surface area contributed by atoms with Crippen LogP contribution in [0.1, 0.15) is 10.6 Å². The number of anilines is 1. The van der Waals surface area contributed by atoms with Crippen LogP contribution in [0.3, 0.4) is 0 Å². The summed E-state index contributed by atoms with van der Waals surface area (Å²) < 4.78 is 11.3. The Morgan fingerprint density at radius 3 is 2.34 bits per heavy atom. The third-order valence-electron chi connectivity index (χ3n) is 5.54. The zero-order chi connectivity index (χ0) is 21.8. The van der Waals surface area contributed by atoms with E-state index in [1.807, 2.05) is 71.8 Å². The minimum absolute atomic E-state index is 0.0621.